The Morgan fingerprint density at radius 2 is 1.22 bits per heavy atom. The van der Waals surface area contributed by atoms with E-state index in [1.165, 1.54) is 12.1 Å². The van der Waals surface area contributed by atoms with Crippen LogP contribution < -0.4 is 0 Å². The van der Waals surface area contributed by atoms with Crippen LogP contribution in [0.5, 0.6) is 0 Å². The van der Waals surface area contributed by atoms with Crippen LogP contribution in [0, 0.1) is 0 Å². The van der Waals surface area contributed by atoms with Gasteiger partial charge in [0.05, 0.1) is 11.1 Å². The third-order valence-corrected chi connectivity index (χ3v) is 2.89. The highest BCUT2D eigenvalue weighted by atomic mass is 16.4. The van der Waals surface area contributed by atoms with Crippen LogP contribution in [-0.2, 0) is 12.8 Å². The van der Waals surface area contributed by atoms with Crippen molar-refractivity contribution in [2.45, 2.75) is 39.5 Å². The molecular formula is C14H18O4. The average molecular weight is 250 g/mol. The highest BCUT2D eigenvalue weighted by Crippen LogP contribution is 2.23. The molecule has 0 atom stereocenters. The van der Waals surface area contributed by atoms with E-state index in [-0.39, 0.29) is 11.1 Å². The molecule has 4 heteroatoms. The summed E-state index contributed by atoms with van der Waals surface area (Å²) in [5, 5.41) is 18.3. The number of carboxylic acid groups (broad SMARTS) is 2. The summed E-state index contributed by atoms with van der Waals surface area (Å²) in [4.78, 5) is 22.4. The average Bonchev–Trinajstić information content (AvgIpc) is 2.30. The summed E-state index contributed by atoms with van der Waals surface area (Å²) in [7, 11) is 0. The van der Waals surface area contributed by atoms with E-state index in [4.69, 9.17) is 10.2 Å². The van der Waals surface area contributed by atoms with Crippen molar-refractivity contribution in [2.75, 3.05) is 0 Å². The maximum atomic E-state index is 11.2. The molecule has 0 aliphatic heterocycles. The highest BCUT2D eigenvalue weighted by Gasteiger charge is 2.19. The second-order valence-corrected chi connectivity index (χ2v) is 4.23. The Balaban J connectivity index is 3.48. The van der Waals surface area contributed by atoms with Crippen molar-refractivity contribution in [1.29, 1.82) is 0 Å². The molecule has 0 saturated heterocycles. The molecule has 0 fully saturated rings. The van der Waals surface area contributed by atoms with Crippen LogP contribution >= 0.6 is 0 Å². The number of carboxylic acids is 2. The standard InChI is InChI=1S/C14H18O4/c1-3-5-9-10(6-4-2)12(14(17)18)8-7-11(9)13(15)16/h7-8H,3-6H2,1-2H3,(H,15,16)(H,17,18). The molecule has 0 bridgehead atoms. The minimum absolute atomic E-state index is 0.227. The van der Waals surface area contributed by atoms with Crippen LogP contribution in [0.1, 0.15) is 58.5 Å². The first-order chi connectivity index (χ1) is 8.52. The van der Waals surface area contributed by atoms with Crippen LogP contribution in [-0.4, -0.2) is 22.2 Å². The second-order valence-electron chi connectivity index (χ2n) is 4.23. The fraction of sp³-hybridized carbons (Fsp3) is 0.429. The third-order valence-electron chi connectivity index (χ3n) is 2.89. The first kappa shape index (κ1) is 14.2. The van der Waals surface area contributed by atoms with E-state index >= 15 is 0 Å². The summed E-state index contributed by atoms with van der Waals surface area (Å²) in [6.45, 7) is 3.91. The largest absolute Gasteiger partial charge is 0.478 e. The van der Waals surface area contributed by atoms with Crippen LogP contribution in [0.2, 0.25) is 0 Å². The summed E-state index contributed by atoms with van der Waals surface area (Å²) >= 11 is 0. The van der Waals surface area contributed by atoms with E-state index in [1.54, 1.807) is 0 Å². The molecule has 0 aromatic heterocycles. The minimum atomic E-state index is -0.993. The van der Waals surface area contributed by atoms with E-state index in [0.717, 1.165) is 12.8 Å². The van der Waals surface area contributed by atoms with Crippen molar-refractivity contribution in [3.05, 3.63) is 34.4 Å². The van der Waals surface area contributed by atoms with Gasteiger partial charge in [0.2, 0.25) is 0 Å². The predicted octanol–water partition coefficient (Wildman–Crippen LogP) is 2.99. The molecule has 0 heterocycles. The van der Waals surface area contributed by atoms with Gasteiger partial charge in [-0.2, -0.15) is 0 Å². The Morgan fingerprint density at radius 1 is 0.889 bits per heavy atom. The molecule has 0 aliphatic carbocycles. The van der Waals surface area contributed by atoms with Crippen molar-refractivity contribution in [3.8, 4) is 0 Å². The van der Waals surface area contributed by atoms with Gasteiger partial charge >= 0.3 is 11.9 Å². The molecule has 1 aromatic carbocycles. The summed E-state index contributed by atoms with van der Waals surface area (Å²) in [5.41, 5.74) is 1.80. The van der Waals surface area contributed by atoms with Gasteiger partial charge in [-0.15, -0.1) is 0 Å². The maximum Gasteiger partial charge on any atom is 0.335 e. The quantitative estimate of drug-likeness (QED) is 0.813. The molecule has 4 nitrogen and oxygen atoms in total. The van der Waals surface area contributed by atoms with Crippen LogP contribution in [0.3, 0.4) is 0 Å². The van der Waals surface area contributed by atoms with Crippen molar-refractivity contribution in [1.82, 2.24) is 0 Å². The van der Waals surface area contributed by atoms with Gasteiger partial charge in [-0.05, 0) is 36.1 Å². The molecule has 0 aliphatic rings. The lowest BCUT2D eigenvalue weighted by atomic mass is 9.90. The lowest BCUT2D eigenvalue weighted by molar-refractivity contribution is 0.0679. The molecule has 0 spiro atoms. The zero-order chi connectivity index (χ0) is 13.7. The first-order valence-electron chi connectivity index (χ1n) is 6.14. The van der Waals surface area contributed by atoms with Crippen molar-refractivity contribution in [3.63, 3.8) is 0 Å². The topological polar surface area (TPSA) is 74.6 Å². The van der Waals surface area contributed by atoms with Gasteiger partial charge in [-0.25, -0.2) is 9.59 Å². The zero-order valence-corrected chi connectivity index (χ0v) is 10.7. The predicted molar refractivity (Wildman–Crippen MR) is 68.4 cm³/mol. The maximum absolute atomic E-state index is 11.2. The van der Waals surface area contributed by atoms with Gasteiger partial charge in [0.25, 0.3) is 0 Å². The SMILES string of the molecule is CCCc1c(C(=O)O)ccc(C(=O)O)c1CCC. The van der Waals surface area contributed by atoms with Gasteiger partial charge in [-0.1, -0.05) is 26.7 Å². The van der Waals surface area contributed by atoms with E-state index in [0.29, 0.717) is 24.0 Å². The molecule has 0 radical (unpaired) electrons. The lowest BCUT2D eigenvalue weighted by Gasteiger charge is -2.14. The Bertz CT molecular complexity index is 420. The van der Waals surface area contributed by atoms with Crippen molar-refractivity contribution >= 4 is 11.9 Å². The Kier molecular flexibility index (Phi) is 4.89. The van der Waals surface area contributed by atoms with Gasteiger partial charge < -0.3 is 10.2 Å². The van der Waals surface area contributed by atoms with Gasteiger partial charge in [0.1, 0.15) is 0 Å². The van der Waals surface area contributed by atoms with Crippen LogP contribution in [0.25, 0.3) is 0 Å². The number of rotatable bonds is 6. The summed E-state index contributed by atoms with van der Waals surface area (Å²) in [5.74, 6) is -1.99. The van der Waals surface area contributed by atoms with E-state index in [2.05, 4.69) is 0 Å². The first-order valence-corrected chi connectivity index (χ1v) is 6.14. The van der Waals surface area contributed by atoms with Crippen molar-refractivity contribution < 1.29 is 19.8 Å². The smallest absolute Gasteiger partial charge is 0.335 e. The molecule has 18 heavy (non-hydrogen) atoms. The molecule has 1 rings (SSSR count). The molecule has 0 amide bonds. The summed E-state index contributed by atoms with van der Waals surface area (Å²) in [6, 6.07) is 2.80. The molecule has 1 aromatic rings. The molecule has 0 saturated carbocycles. The Morgan fingerprint density at radius 3 is 1.44 bits per heavy atom. The van der Waals surface area contributed by atoms with E-state index in [9.17, 15) is 9.59 Å². The van der Waals surface area contributed by atoms with Gasteiger partial charge in [0, 0.05) is 0 Å². The zero-order valence-electron chi connectivity index (χ0n) is 10.7. The Hall–Kier alpha value is -1.84. The highest BCUT2D eigenvalue weighted by molar-refractivity contribution is 5.95. The third kappa shape index (κ3) is 2.88. The normalized spacial score (nSPS) is 10.3. The summed E-state index contributed by atoms with van der Waals surface area (Å²) in [6.07, 6.45) is 2.77. The summed E-state index contributed by atoms with van der Waals surface area (Å²) < 4.78 is 0. The fourth-order valence-electron chi connectivity index (χ4n) is 2.16. The van der Waals surface area contributed by atoms with Crippen LogP contribution in [0.4, 0.5) is 0 Å². The van der Waals surface area contributed by atoms with E-state index < -0.39 is 11.9 Å². The number of carbonyl (C=O) groups is 2. The van der Waals surface area contributed by atoms with Gasteiger partial charge in [-0.3, -0.25) is 0 Å². The molecular weight excluding hydrogens is 232 g/mol. The molecule has 2 N–H and O–H groups in total. The van der Waals surface area contributed by atoms with Crippen LogP contribution in [0.15, 0.2) is 12.1 Å². The fourth-order valence-corrected chi connectivity index (χ4v) is 2.16. The van der Waals surface area contributed by atoms with Crippen molar-refractivity contribution in [2.24, 2.45) is 0 Å². The number of hydrogen-bond acceptors (Lipinski definition) is 2. The van der Waals surface area contributed by atoms with Gasteiger partial charge in [0.15, 0.2) is 0 Å². The lowest BCUT2D eigenvalue weighted by Crippen LogP contribution is -2.12. The van der Waals surface area contributed by atoms with E-state index in [1.807, 2.05) is 13.8 Å². The number of aromatic carboxylic acids is 2. The minimum Gasteiger partial charge on any atom is -0.478 e. The Labute approximate surface area is 106 Å². The number of benzene rings is 1. The molecule has 0 unspecified atom stereocenters. The number of hydrogen-bond donors (Lipinski definition) is 2. The monoisotopic (exact) mass is 250 g/mol. The second kappa shape index (κ2) is 6.19. The molecule has 98 valence electrons.